The Hall–Kier alpha value is -0.560. The third kappa shape index (κ3) is 8.18. The number of alkyl carbamates (subject to hydrolysis) is 1. The van der Waals surface area contributed by atoms with E-state index in [4.69, 9.17) is 10.5 Å². The van der Waals surface area contributed by atoms with Gasteiger partial charge in [-0.1, -0.05) is 12.8 Å². The summed E-state index contributed by atoms with van der Waals surface area (Å²) in [7, 11) is 0. The first-order valence-corrected chi connectivity index (χ1v) is 12.0. The van der Waals surface area contributed by atoms with Gasteiger partial charge in [0.2, 0.25) is 0 Å². The van der Waals surface area contributed by atoms with Crippen LogP contribution in [0.15, 0.2) is 0 Å². The molecule has 0 unspecified atom stereocenters. The first kappa shape index (κ1) is 25.7. The Bertz CT molecular complexity index is 520. The fourth-order valence-corrected chi connectivity index (χ4v) is 4.81. The summed E-state index contributed by atoms with van der Waals surface area (Å²) >= 11 is 0. The highest BCUT2D eigenvalue weighted by Crippen LogP contribution is 2.28. The molecule has 0 radical (unpaired) electrons. The molecule has 2 saturated heterocycles. The molecule has 1 amide bonds. The summed E-state index contributed by atoms with van der Waals surface area (Å²) in [6.07, 6.45) is 12.8. The standard InChI is InChI=1S/C14H26N2O2.C9H18N2.ClH/c1-14(2,3)18-13(17)15-11-6-5-9-16(10-11)12-7-4-8-12;10-8-3-2-6-11(7-8)9-4-1-5-9;/h11-12H,4-10H2,1-3H3,(H,15,17);8-9H,1-7,10H2;1H/t11-;8-;/m11./s1. The van der Waals surface area contributed by atoms with Gasteiger partial charge in [-0.15, -0.1) is 12.4 Å². The van der Waals surface area contributed by atoms with Crippen LogP contribution in [0.5, 0.6) is 0 Å². The molecule has 2 aliphatic heterocycles. The topological polar surface area (TPSA) is 70.8 Å². The number of likely N-dealkylation sites (tertiary alicyclic amines) is 2. The molecule has 0 spiro atoms. The maximum atomic E-state index is 11.7. The highest BCUT2D eigenvalue weighted by atomic mass is 35.5. The van der Waals surface area contributed by atoms with Gasteiger partial charge in [-0.2, -0.15) is 0 Å². The van der Waals surface area contributed by atoms with Crippen LogP contribution in [-0.4, -0.2) is 71.8 Å². The average molecular weight is 445 g/mol. The molecule has 4 rings (SSSR count). The average Bonchev–Trinajstić information content (AvgIpc) is 2.50. The van der Waals surface area contributed by atoms with E-state index in [-0.39, 0.29) is 24.5 Å². The fourth-order valence-electron chi connectivity index (χ4n) is 4.81. The molecule has 0 aromatic carbocycles. The molecular weight excluding hydrogens is 400 g/mol. The zero-order valence-electron chi connectivity index (χ0n) is 19.4. The van der Waals surface area contributed by atoms with Crippen molar-refractivity contribution in [1.29, 1.82) is 0 Å². The van der Waals surface area contributed by atoms with Gasteiger partial charge in [-0.05, 0) is 85.2 Å². The van der Waals surface area contributed by atoms with Crippen molar-refractivity contribution in [3.05, 3.63) is 0 Å². The number of halogens is 1. The summed E-state index contributed by atoms with van der Waals surface area (Å²) in [4.78, 5) is 16.9. The minimum atomic E-state index is -0.410. The summed E-state index contributed by atoms with van der Waals surface area (Å²) in [5, 5.41) is 3.01. The molecule has 4 fully saturated rings. The number of carbonyl (C=O) groups is 1. The molecule has 3 N–H and O–H groups in total. The van der Waals surface area contributed by atoms with Crippen molar-refractivity contribution >= 4 is 18.5 Å². The number of hydrogen-bond donors (Lipinski definition) is 2. The van der Waals surface area contributed by atoms with E-state index >= 15 is 0 Å². The second-order valence-electron chi connectivity index (χ2n) is 10.5. The molecule has 7 heteroatoms. The van der Waals surface area contributed by atoms with E-state index in [1.807, 2.05) is 20.8 Å². The summed E-state index contributed by atoms with van der Waals surface area (Å²) in [6.45, 7) is 10.3. The van der Waals surface area contributed by atoms with Crippen molar-refractivity contribution in [2.75, 3.05) is 26.2 Å². The van der Waals surface area contributed by atoms with Gasteiger partial charge in [-0.25, -0.2) is 4.79 Å². The lowest BCUT2D eigenvalue weighted by Gasteiger charge is -2.42. The Morgan fingerprint density at radius 3 is 1.87 bits per heavy atom. The van der Waals surface area contributed by atoms with Crippen molar-refractivity contribution in [2.24, 2.45) is 5.73 Å². The van der Waals surface area contributed by atoms with Crippen LogP contribution in [0.3, 0.4) is 0 Å². The van der Waals surface area contributed by atoms with Crippen LogP contribution in [-0.2, 0) is 4.74 Å². The van der Waals surface area contributed by atoms with Gasteiger partial charge in [-0.3, -0.25) is 9.80 Å². The second kappa shape index (κ2) is 11.9. The van der Waals surface area contributed by atoms with E-state index < -0.39 is 5.60 Å². The molecule has 176 valence electrons. The smallest absolute Gasteiger partial charge is 0.407 e. The summed E-state index contributed by atoms with van der Waals surface area (Å²) in [5.74, 6) is 0. The third-order valence-electron chi connectivity index (χ3n) is 6.85. The lowest BCUT2D eigenvalue weighted by atomic mass is 9.89. The van der Waals surface area contributed by atoms with E-state index in [1.165, 1.54) is 70.9 Å². The Balaban J connectivity index is 0.000000229. The number of nitrogens with one attached hydrogen (secondary N) is 1. The van der Waals surface area contributed by atoms with Crippen LogP contribution in [0, 0.1) is 0 Å². The van der Waals surface area contributed by atoms with Crippen molar-refractivity contribution in [3.63, 3.8) is 0 Å². The molecule has 30 heavy (non-hydrogen) atoms. The Morgan fingerprint density at radius 1 is 0.867 bits per heavy atom. The predicted molar refractivity (Wildman–Crippen MR) is 125 cm³/mol. The van der Waals surface area contributed by atoms with Crippen LogP contribution in [0.1, 0.15) is 85.0 Å². The van der Waals surface area contributed by atoms with Crippen LogP contribution in [0.4, 0.5) is 4.79 Å². The molecule has 4 aliphatic rings. The van der Waals surface area contributed by atoms with E-state index in [2.05, 4.69) is 15.1 Å². The van der Waals surface area contributed by atoms with Crippen molar-refractivity contribution in [2.45, 2.75) is 115 Å². The first-order chi connectivity index (χ1) is 13.8. The molecule has 2 aliphatic carbocycles. The molecule has 6 nitrogen and oxygen atoms in total. The lowest BCUT2D eigenvalue weighted by molar-refractivity contribution is 0.0419. The fraction of sp³-hybridized carbons (Fsp3) is 0.957. The first-order valence-electron chi connectivity index (χ1n) is 12.0. The van der Waals surface area contributed by atoms with E-state index in [0.29, 0.717) is 6.04 Å². The number of nitrogens with two attached hydrogens (primary N) is 1. The second-order valence-corrected chi connectivity index (χ2v) is 10.5. The number of carbonyl (C=O) groups excluding carboxylic acids is 1. The van der Waals surface area contributed by atoms with Gasteiger partial charge in [0, 0.05) is 37.3 Å². The normalized spacial score (nSPS) is 28.8. The van der Waals surface area contributed by atoms with E-state index in [0.717, 1.165) is 31.6 Å². The number of piperidine rings is 2. The van der Waals surface area contributed by atoms with E-state index in [1.54, 1.807) is 0 Å². The van der Waals surface area contributed by atoms with Crippen molar-refractivity contribution in [3.8, 4) is 0 Å². The van der Waals surface area contributed by atoms with Crippen LogP contribution in [0.25, 0.3) is 0 Å². The van der Waals surface area contributed by atoms with E-state index in [9.17, 15) is 4.79 Å². The molecule has 2 atom stereocenters. The highest BCUT2D eigenvalue weighted by Gasteiger charge is 2.31. The largest absolute Gasteiger partial charge is 0.444 e. The lowest BCUT2D eigenvalue weighted by Crippen LogP contribution is -2.53. The number of amides is 1. The Labute approximate surface area is 190 Å². The van der Waals surface area contributed by atoms with Crippen LogP contribution < -0.4 is 11.1 Å². The summed E-state index contributed by atoms with van der Waals surface area (Å²) < 4.78 is 5.31. The number of ether oxygens (including phenoxy) is 1. The van der Waals surface area contributed by atoms with Gasteiger partial charge in [0.1, 0.15) is 5.60 Å². The molecule has 2 saturated carbocycles. The maximum Gasteiger partial charge on any atom is 0.407 e. The Morgan fingerprint density at radius 2 is 1.40 bits per heavy atom. The minimum Gasteiger partial charge on any atom is -0.444 e. The highest BCUT2D eigenvalue weighted by molar-refractivity contribution is 5.85. The maximum absolute atomic E-state index is 11.7. The van der Waals surface area contributed by atoms with Crippen molar-refractivity contribution < 1.29 is 9.53 Å². The summed E-state index contributed by atoms with van der Waals surface area (Å²) in [6, 6.07) is 2.40. The van der Waals surface area contributed by atoms with Gasteiger partial charge >= 0.3 is 6.09 Å². The number of nitrogens with zero attached hydrogens (tertiary/aromatic N) is 2. The molecule has 0 aromatic rings. The Kier molecular flexibility index (Phi) is 10.2. The van der Waals surface area contributed by atoms with Gasteiger partial charge in [0.25, 0.3) is 0 Å². The molecule has 0 bridgehead atoms. The molecule has 0 aromatic heterocycles. The van der Waals surface area contributed by atoms with Crippen LogP contribution >= 0.6 is 12.4 Å². The summed E-state index contributed by atoms with van der Waals surface area (Å²) in [5.41, 5.74) is 5.49. The predicted octanol–water partition coefficient (Wildman–Crippen LogP) is 3.91. The number of rotatable bonds is 3. The zero-order valence-corrected chi connectivity index (χ0v) is 20.2. The molecule has 2 heterocycles. The monoisotopic (exact) mass is 444 g/mol. The van der Waals surface area contributed by atoms with Crippen LogP contribution in [0.2, 0.25) is 0 Å². The third-order valence-corrected chi connectivity index (χ3v) is 6.85. The van der Waals surface area contributed by atoms with Gasteiger partial charge in [0.05, 0.1) is 0 Å². The number of hydrogen-bond acceptors (Lipinski definition) is 5. The molecular formula is C23H45ClN4O2. The van der Waals surface area contributed by atoms with Gasteiger partial charge < -0.3 is 15.8 Å². The van der Waals surface area contributed by atoms with Gasteiger partial charge in [0.15, 0.2) is 0 Å². The minimum absolute atomic E-state index is 0. The SMILES string of the molecule is CC(C)(C)OC(=O)N[C@@H]1CCCN(C2CCC2)C1.Cl.N[C@@H]1CCCN(C2CCC2)C1. The quantitative estimate of drug-likeness (QED) is 0.690. The van der Waals surface area contributed by atoms with Crippen molar-refractivity contribution in [1.82, 2.24) is 15.1 Å². The zero-order chi connectivity index (χ0) is 20.9.